The fraction of sp³-hybridized carbons (Fsp3) is 0.333. The van der Waals surface area contributed by atoms with Crippen LogP contribution in [0.5, 0.6) is 0 Å². The van der Waals surface area contributed by atoms with Crippen molar-refractivity contribution in [1.82, 2.24) is 10.2 Å². The van der Waals surface area contributed by atoms with Gasteiger partial charge < -0.3 is 9.73 Å². The average molecular weight is 294 g/mol. The Morgan fingerprint density at radius 2 is 2.25 bits per heavy atom. The lowest BCUT2D eigenvalue weighted by atomic mass is 10.2. The second-order valence-corrected chi connectivity index (χ2v) is 4.94. The van der Waals surface area contributed by atoms with Crippen LogP contribution in [0.15, 0.2) is 27.8 Å². The van der Waals surface area contributed by atoms with E-state index in [0.29, 0.717) is 29.1 Å². The minimum Gasteiger partial charge on any atom is -0.416 e. The fourth-order valence-electron chi connectivity index (χ4n) is 1.64. The maximum Gasteiger partial charge on any atom is 0.292 e. The molecule has 2 aromatic rings. The molecule has 106 valence electrons. The van der Waals surface area contributed by atoms with E-state index in [1.54, 1.807) is 19.1 Å². The molecule has 20 heavy (non-hydrogen) atoms. The van der Waals surface area contributed by atoms with Crippen molar-refractivity contribution in [2.75, 3.05) is 11.9 Å². The third-order valence-electron chi connectivity index (χ3n) is 2.50. The van der Waals surface area contributed by atoms with Gasteiger partial charge in [0, 0.05) is 25.3 Å². The van der Waals surface area contributed by atoms with E-state index in [9.17, 15) is 10.1 Å². The van der Waals surface area contributed by atoms with Crippen LogP contribution in [-0.2, 0) is 5.75 Å². The van der Waals surface area contributed by atoms with Crippen molar-refractivity contribution in [3.8, 4) is 0 Å². The Morgan fingerprint density at radius 1 is 1.45 bits per heavy atom. The number of nitro groups is 1. The molecule has 1 heterocycles. The van der Waals surface area contributed by atoms with Crippen LogP contribution < -0.4 is 5.32 Å². The Bertz CT molecular complexity index is 614. The predicted molar refractivity (Wildman–Crippen MR) is 75.9 cm³/mol. The maximum absolute atomic E-state index is 11.0. The largest absolute Gasteiger partial charge is 0.416 e. The molecule has 2 rings (SSSR count). The van der Waals surface area contributed by atoms with Crippen LogP contribution in [0.1, 0.15) is 18.4 Å². The summed E-state index contributed by atoms with van der Waals surface area (Å²) >= 11 is 1.35. The zero-order valence-electron chi connectivity index (χ0n) is 11.1. The van der Waals surface area contributed by atoms with Crippen molar-refractivity contribution >= 4 is 23.1 Å². The summed E-state index contributed by atoms with van der Waals surface area (Å²) in [6.45, 7) is 4.24. The monoisotopic (exact) mass is 294 g/mol. The summed E-state index contributed by atoms with van der Waals surface area (Å²) in [5.74, 6) is 1.04. The van der Waals surface area contributed by atoms with Gasteiger partial charge in [0.2, 0.25) is 5.89 Å². The minimum atomic E-state index is -0.386. The van der Waals surface area contributed by atoms with Crippen LogP contribution in [0, 0.1) is 17.0 Å². The van der Waals surface area contributed by atoms with Crippen LogP contribution in [-0.4, -0.2) is 21.7 Å². The van der Waals surface area contributed by atoms with Gasteiger partial charge in [0.25, 0.3) is 10.9 Å². The zero-order valence-corrected chi connectivity index (χ0v) is 11.9. The van der Waals surface area contributed by atoms with Crippen LogP contribution in [0.4, 0.5) is 11.4 Å². The number of hydrogen-bond donors (Lipinski definition) is 1. The second kappa shape index (κ2) is 6.38. The molecular weight excluding hydrogens is 280 g/mol. The second-order valence-electron chi connectivity index (χ2n) is 4.01. The van der Waals surface area contributed by atoms with Gasteiger partial charge in [-0.2, -0.15) is 0 Å². The van der Waals surface area contributed by atoms with Gasteiger partial charge in [-0.1, -0.05) is 17.8 Å². The number of nitrogens with zero attached hydrogens (tertiary/aromatic N) is 3. The van der Waals surface area contributed by atoms with Gasteiger partial charge in [0.15, 0.2) is 0 Å². The highest BCUT2D eigenvalue weighted by molar-refractivity contribution is 7.98. The molecule has 0 atom stereocenters. The first kappa shape index (κ1) is 14.3. The molecule has 0 radical (unpaired) electrons. The molecule has 1 N–H and O–H groups in total. The zero-order chi connectivity index (χ0) is 14.5. The fourth-order valence-corrected chi connectivity index (χ4v) is 2.39. The van der Waals surface area contributed by atoms with Gasteiger partial charge in [-0.05, 0) is 18.6 Å². The normalized spacial score (nSPS) is 10.5. The summed E-state index contributed by atoms with van der Waals surface area (Å²) in [5, 5.41) is 22.1. The molecule has 0 aliphatic rings. The van der Waals surface area contributed by atoms with E-state index in [2.05, 4.69) is 15.5 Å². The molecule has 0 aliphatic heterocycles. The Hall–Kier alpha value is -2.09. The van der Waals surface area contributed by atoms with Crippen molar-refractivity contribution in [2.45, 2.75) is 24.8 Å². The molecule has 0 aliphatic carbocycles. The molecule has 0 saturated carbocycles. The standard InChI is InChI=1S/C12H14N4O3S/c1-3-13-10-5-4-9(6-11(10)16(17)18)7-20-12-15-14-8(2)19-12/h4-6,13H,3,7H2,1-2H3. The molecule has 0 saturated heterocycles. The third kappa shape index (κ3) is 3.47. The topological polar surface area (TPSA) is 94.1 Å². The summed E-state index contributed by atoms with van der Waals surface area (Å²) in [6.07, 6.45) is 0. The van der Waals surface area contributed by atoms with Crippen molar-refractivity contribution in [3.05, 3.63) is 39.8 Å². The highest BCUT2D eigenvalue weighted by atomic mass is 32.2. The van der Waals surface area contributed by atoms with Crippen LogP contribution in [0.3, 0.4) is 0 Å². The van der Waals surface area contributed by atoms with Crippen molar-refractivity contribution in [3.63, 3.8) is 0 Å². The van der Waals surface area contributed by atoms with Gasteiger partial charge in [-0.3, -0.25) is 10.1 Å². The van der Waals surface area contributed by atoms with E-state index in [0.717, 1.165) is 5.56 Å². The number of nitro benzene ring substituents is 1. The Kier molecular flexibility index (Phi) is 4.57. The summed E-state index contributed by atoms with van der Waals surface area (Å²) in [6, 6.07) is 5.13. The summed E-state index contributed by atoms with van der Waals surface area (Å²) in [4.78, 5) is 10.7. The first-order valence-electron chi connectivity index (χ1n) is 6.04. The number of thioether (sulfide) groups is 1. The molecule has 0 amide bonds. The lowest BCUT2D eigenvalue weighted by Gasteiger charge is -2.06. The van der Waals surface area contributed by atoms with E-state index in [1.165, 1.54) is 11.8 Å². The molecule has 0 spiro atoms. The van der Waals surface area contributed by atoms with Gasteiger partial charge in [-0.25, -0.2) is 0 Å². The van der Waals surface area contributed by atoms with E-state index in [4.69, 9.17) is 4.42 Å². The SMILES string of the molecule is CCNc1ccc(CSc2nnc(C)o2)cc1[N+](=O)[O-]. The van der Waals surface area contributed by atoms with E-state index < -0.39 is 0 Å². The maximum atomic E-state index is 11.0. The summed E-state index contributed by atoms with van der Waals surface area (Å²) in [5.41, 5.74) is 1.44. The molecule has 7 nitrogen and oxygen atoms in total. The molecular formula is C12H14N4O3S. The first-order chi connectivity index (χ1) is 9.60. The van der Waals surface area contributed by atoms with Gasteiger partial charge in [0.05, 0.1) is 4.92 Å². The Morgan fingerprint density at radius 3 is 2.85 bits per heavy atom. The molecule has 0 fully saturated rings. The minimum absolute atomic E-state index is 0.0756. The number of aromatic nitrogens is 2. The van der Waals surface area contributed by atoms with Crippen molar-refractivity contribution < 1.29 is 9.34 Å². The van der Waals surface area contributed by atoms with Gasteiger partial charge in [0.1, 0.15) is 5.69 Å². The predicted octanol–water partition coefficient (Wildman–Crippen LogP) is 3.01. The van der Waals surface area contributed by atoms with Crippen LogP contribution >= 0.6 is 11.8 Å². The molecule has 1 aromatic carbocycles. The molecule has 0 unspecified atom stereocenters. The quantitative estimate of drug-likeness (QED) is 0.497. The highest BCUT2D eigenvalue weighted by Crippen LogP contribution is 2.28. The summed E-state index contributed by atoms with van der Waals surface area (Å²) < 4.78 is 5.24. The number of aryl methyl sites for hydroxylation is 1. The van der Waals surface area contributed by atoms with Gasteiger partial charge in [-0.15, -0.1) is 10.2 Å². The first-order valence-corrected chi connectivity index (χ1v) is 7.02. The molecule has 1 aromatic heterocycles. The number of benzene rings is 1. The Balaban J connectivity index is 2.12. The van der Waals surface area contributed by atoms with E-state index >= 15 is 0 Å². The highest BCUT2D eigenvalue weighted by Gasteiger charge is 2.14. The average Bonchev–Trinajstić information content (AvgIpc) is 2.83. The lowest BCUT2D eigenvalue weighted by molar-refractivity contribution is -0.384. The summed E-state index contributed by atoms with van der Waals surface area (Å²) in [7, 11) is 0. The van der Waals surface area contributed by atoms with Crippen molar-refractivity contribution in [2.24, 2.45) is 0 Å². The number of anilines is 1. The van der Waals surface area contributed by atoms with E-state index in [1.807, 2.05) is 13.0 Å². The lowest BCUT2D eigenvalue weighted by Crippen LogP contribution is -2.01. The van der Waals surface area contributed by atoms with Crippen LogP contribution in [0.2, 0.25) is 0 Å². The van der Waals surface area contributed by atoms with E-state index in [-0.39, 0.29) is 10.6 Å². The Labute approximate surface area is 119 Å². The molecule has 0 bridgehead atoms. The van der Waals surface area contributed by atoms with Crippen LogP contribution in [0.25, 0.3) is 0 Å². The number of rotatable bonds is 6. The third-order valence-corrected chi connectivity index (χ3v) is 3.39. The molecule has 8 heteroatoms. The van der Waals surface area contributed by atoms with Gasteiger partial charge >= 0.3 is 0 Å². The van der Waals surface area contributed by atoms with Crippen molar-refractivity contribution in [1.29, 1.82) is 0 Å². The smallest absolute Gasteiger partial charge is 0.292 e. The number of hydrogen-bond acceptors (Lipinski definition) is 7. The number of nitrogens with one attached hydrogen (secondary N) is 1.